The van der Waals surface area contributed by atoms with E-state index in [9.17, 15) is 0 Å². The van der Waals surface area contributed by atoms with Crippen molar-refractivity contribution in [3.05, 3.63) is 30.1 Å². The number of unbranched alkanes of at least 4 members (excludes halogenated alkanes) is 3. The standard InChI is InChI=1S/C12H20NO.BrH/c1-2-3-4-5-8-13-9-6-7-12(10-13)11-14;/h6-7,9-10,14H,2-5,8,11H2,1H3;1H/q+1;/p-1. The van der Waals surface area contributed by atoms with Crippen LogP contribution in [-0.2, 0) is 13.2 Å². The Balaban J connectivity index is 0.00000196. The number of halogens is 1. The minimum absolute atomic E-state index is 0. The van der Waals surface area contributed by atoms with Gasteiger partial charge in [-0.3, -0.25) is 0 Å². The molecule has 0 spiro atoms. The van der Waals surface area contributed by atoms with Gasteiger partial charge in [-0.2, -0.15) is 0 Å². The summed E-state index contributed by atoms with van der Waals surface area (Å²) in [5.74, 6) is 0. The molecule has 0 unspecified atom stereocenters. The van der Waals surface area contributed by atoms with E-state index in [1.807, 2.05) is 18.3 Å². The van der Waals surface area contributed by atoms with Gasteiger partial charge in [0, 0.05) is 18.1 Å². The van der Waals surface area contributed by atoms with Gasteiger partial charge in [-0.25, -0.2) is 4.57 Å². The van der Waals surface area contributed by atoms with Crippen LogP contribution in [0.4, 0.5) is 0 Å². The molecule has 1 aromatic heterocycles. The van der Waals surface area contributed by atoms with Crippen molar-refractivity contribution in [1.29, 1.82) is 0 Å². The predicted octanol–water partition coefficient (Wildman–Crippen LogP) is -0.949. The lowest BCUT2D eigenvalue weighted by molar-refractivity contribution is -0.697. The highest BCUT2D eigenvalue weighted by Gasteiger charge is 2.00. The van der Waals surface area contributed by atoms with Crippen LogP contribution in [0.25, 0.3) is 0 Å². The van der Waals surface area contributed by atoms with E-state index in [-0.39, 0.29) is 23.6 Å². The van der Waals surface area contributed by atoms with E-state index in [1.54, 1.807) is 0 Å². The van der Waals surface area contributed by atoms with Gasteiger partial charge < -0.3 is 22.1 Å². The highest BCUT2D eigenvalue weighted by atomic mass is 79.9. The highest BCUT2D eigenvalue weighted by Crippen LogP contribution is 1.99. The van der Waals surface area contributed by atoms with E-state index in [0.29, 0.717) is 0 Å². The Hall–Kier alpha value is -0.410. The van der Waals surface area contributed by atoms with Gasteiger partial charge in [0.2, 0.25) is 0 Å². The first-order valence-corrected chi connectivity index (χ1v) is 5.45. The highest BCUT2D eigenvalue weighted by molar-refractivity contribution is 5.02. The average Bonchev–Trinajstić information content (AvgIpc) is 2.25. The lowest BCUT2D eigenvalue weighted by Crippen LogP contribution is -3.00. The summed E-state index contributed by atoms with van der Waals surface area (Å²) in [6, 6.07) is 3.94. The molecule has 0 fully saturated rings. The first-order chi connectivity index (χ1) is 6.86. The van der Waals surface area contributed by atoms with Crippen LogP contribution in [0.15, 0.2) is 24.5 Å². The quantitative estimate of drug-likeness (QED) is 0.525. The molecule has 0 saturated heterocycles. The van der Waals surface area contributed by atoms with Gasteiger partial charge in [0.1, 0.15) is 6.54 Å². The van der Waals surface area contributed by atoms with Crippen molar-refractivity contribution >= 4 is 0 Å². The summed E-state index contributed by atoms with van der Waals surface area (Å²) in [5, 5.41) is 8.96. The Kier molecular flexibility index (Phi) is 8.62. The predicted molar refractivity (Wildman–Crippen MR) is 56.7 cm³/mol. The Labute approximate surface area is 103 Å². The van der Waals surface area contributed by atoms with E-state index < -0.39 is 0 Å². The lowest BCUT2D eigenvalue weighted by Gasteiger charge is -1.98. The zero-order chi connectivity index (χ0) is 10.2. The third kappa shape index (κ3) is 5.90. The molecule has 0 aliphatic heterocycles. The molecule has 0 aromatic carbocycles. The molecule has 86 valence electrons. The number of hydrogen-bond acceptors (Lipinski definition) is 1. The Morgan fingerprint density at radius 1 is 1.27 bits per heavy atom. The van der Waals surface area contributed by atoms with Crippen LogP contribution in [-0.4, -0.2) is 5.11 Å². The molecule has 1 heterocycles. The molecule has 0 amide bonds. The second kappa shape index (κ2) is 8.86. The lowest BCUT2D eigenvalue weighted by atomic mass is 10.2. The van der Waals surface area contributed by atoms with Crippen LogP contribution in [0.3, 0.4) is 0 Å². The number of aromatic nitrogens is 1. The fourth-order valence-corrected chi connectivity index (χ4v) is 1.53. The second-order valence-corrected chi connectivity index (χ2v) is 3.67. The molecule has 0 aliphatic carbocycles. The Bertz CT molecular complexity index is 266. The van der Waals surface area contributed by atoms with E-state index >= 15 is 0 Å². The molecule has 1 N–H and O–H groups in total. The largest absolute Gasteiger partial charge is 1.00 e. The maximum Gasteiger partial charge on any atom is 0.174 e. The van der Waals surface area contributed by atoms with Gasteiger partial charge in [-0.1, -0.05) is 19.8 Å². The minimum Gasteiger partial charge on any atom is -1.00 e. The van der Waals surface area contributed by atoms with E-state index in [0.717, 1.165) is 12.1 Å². The van der Waals surface area contributed by atoms with Gasteiger partial charge in [-0.15, -0.1) is 0 Å². The number of aryl methyl sites for hydroxylation is 1. The van der Waals surface area contributed by atoms with Crippen molar-refractivity contribution in [1.82, 2.24) is 0 Å². The van der Waals surface area contributed by atoms with Crippen LogP contribution in [0.2, 0.25) is 0 Å². The number of nitrogens with zero attached hydrogens (tertiary/aromatic N) is 1. The van der Waals surface area contributed by atoms with Crippen molar-refractivity contribution in [3.63, 3.8) is 0 Å². The van der Waals surface area contributed by atoms with Crippen molar-refractivity contribution in [2.45, 2.75) is 45.8 Å². The molecule has 15 heavy (non-hydrogen) atoms. The molecule has 3 heteroatoms. The zero-order valence-electron chi connectivity index (χ0n) is 9.32. The molecular weight excluding hydrogens is 254 g/mol. The van der Waals surface area contributed by atoms with E-state index in [2.05, 4.69) is 17.7 Å². The summed E-state index contributed by atoms with van der Waals surface area (Å²) in [6.07, 6.45) is 9.21. The fraction of sp³-hybridized carbons (Fsp3) is 0.583. The first kappa shape index (κ1) is 14.6. The topological polar surface area (TPSA) is 24.1 Å². The monoisotopic (exact) mass is 273 g/mol. The Morgan fingerprint density at radius 3 is 2.73 bits per heavy atom. The van der Waals surface area contributed by atoms with Crippen molar-refractivity contribution in [2.75, 3.05) is 0 Å². The first-order valence-electron chi connectivity index (χ1n) is 5.45. The second-order valence-electron chi connectivity index (χ2n) is 3.67. The summed E-state index contributed by atoms with van der Waals surface area (Å²) in [5.41, 5.74) is 0.989. The molecule has 1 rings (SSSR count). The van der Waals surface area contributed by atoms with E-state index in [1.165, 1.54) is 25.7 Å². The summed E-state index contributed by atoms with van der Waals surface area (Å²) >= 11 is 0. The SMILES string of the molecule is CCCCCC[n+]1cccc(CO)c1.[Br-]. The van der Waals surface area contributed by atoms with Crippen LogP contribution < -0.4 is 21.5 Å². The van der Waals surface area contributed by atoms with Gasteiger partial charge >= 0.3 is 0 Å². The third-order valence-corrected chi connectivity index (χ3v) is 2.37. The summed E-state index contributed by atoms with van der Waals surface area (Å²) in [6.45, 7) is 3.42. The smallest absolute Gasteiger partial charge is 0.174 e. The number of hydrogen-bond donors (Lipinski definition) is 1. The molecule has 2 nitrogen and oxygen atoms in total. The Morgan fingerprint density at radius 2 is 2.07 bits per heavy atom. The van der Waals surface area contributed by atoms with Crippen molar-refractivity contribution in [3.8, 4) is 0 Å². The third-order valence-electron chi connectivity index (χ3n) is 2.37. The molecule has 1 aromatic rings. The number of rotatable bonds is 6. The van der Waals surface area contributed by atoms with Crippen LogP contribution in [0.1, 0.15) is 38.2 Å². The molecule has 0 bridgehead atoms. The van der Waals surface area contributed by atoms with Crippen molar-refractivity contribution < 1.29 is 26.7 Å². The summed E-state index contributed by atoms with van der Waals surface area (Å²) in [7, 11) is 0. The van der Waals surface area contributed by atoms with Gasteiger partial charge in [0.05, 0.1) is 6.61 Å². The van der Waals surface area contributed by atoms with Crippen LogP contribution in [0.5, 0.6) is 0 Å². The fourth-order valence-electron chi connectivity index (χ4n) is 1.53. The normalized spacial score (nSPS) is 9.73. The molecule has 0 saturated carbocycles. The van der Waals surface area contributed by atoms with E-state index in [4.69, 9.17) is 5.11 Å². The zero-order valence-corrected chi connectivity index (χ0v) is 10.9. The van der Waals surface area contributed by atoms with Gasteiger partial charge in [0.25, 0.3) is 0 Å². The molecule has 0 aliphatic rings. The van der Waals surface area contributed by atoms with Crippen molar-refractivity contribution in [2.24, 2.45) is 0 Å². The number of pyridine rings is 1. The maximum atomic E-state index is 8.96. The maximum absolute atomic E-state index is 8.96. The summed E-state index contributed by atoms with van der Waals surface area (Å²) < 4.78 is 2.15. The minimum atomic E-state index is 0. The number of aliphatic hydroxyl groups excluding tert-OH is 1. The van der Waals surface area contributed by atoms with Gasteiger partial charge in [0.15, 0.2) is 12.4 Å². The van der Waals surface area contributed by atoms with Gasteiger partial charge in [-0.05, 0) is 12.5 Å². The molecule has 0 atom stereocenters. The van der Waals surface area contributed by atoms with Crippen LogP contribution >= 0.6 is 0 Å². The summed E-state index contributed by atoms with van der Waals surface area (Å²) in [4.78, 5) is 0. The average molecular weight is 274 g/mol. The van der Waals surface area contributed by atoms with Crippen LogP contribution in [0, 0.1) is 0 Å². The molecule has 0 radical (unpaired) electrons. The molecular formula is C12H20BrNO. The number of aliphatic hydroxyl groups is 1.